The Balaban J connectivity index is 2.07. The van der Waals surface area contributed by atoms with Gasteiger partial charge in [0.1, 0.15) is 5.54 Å². The van der Waals surface area contributed by atoms with E-state index in [9.17, 15) is 14.4 Å². The predicted molar refractivity (Wildman–Crippen MR) is 68.5 cm³/mol. The lowest BCUT2D eigenvalue weighted by Crippen LogP contribution is -2.62. The summed E-state index contributed by atoms with van der Waals surface area (Å²) >= 11 is 0. The summed E-state index contributed by atoms with van der Waals surface area (Å²) in [6, 6.07) is -0.691. The third-order valence-corrected chi connectivity index (χ3v) is 3.28. The summed E-state index contributed by atoms with van der Waals surface area (Å²) < 4.78 is 0. The highest BCUT2D eigenvalue weighted by atomic mass is 16.2. The molecule has 19 heavy (non-hydrogen) atoms. The van der Waals surface area contributed by atoms with E-state index >= 15 is 0 Å². The smallest absolute Gasteiger partial charge is 0.322 e. The first kappa shape index (κ1) is 13.6. The molecule has 1 spiro atoms. The highest BCUT2D eigenvalue weighted by molar-refractivity contribution is 6.07. The Morgan fingerprint density at radius 2 is 2.05 bits per heavy atom. The van der Waals surface area contributed by atoms with Gasteiger partial charge in [-0.25, -0.2) is 9.59 Å². The number of carbonyl (C=O) groups is 3. The van der Waals surface area contributed by atoms with Crippen LogP contribution in [0.3, 0.4) is 0 Å². The molecular weight excluding hydrogens is 248 g/mol. The molecule has 2 heterocycles. The van der Waals surface area contributed by atoms with Crippen LogP contribution in [0.1, 0.15) is 33.6 Å². The number of nitrogens with one attached hydrogen (secondary N) is 3. The number of hydrogen-bond acceptors (Lipinski definition) is 3. The van der Waals surface area contributed by atoms with Crippen LogP contribution >= 0.6 is 0 Å². The Labute approximate surface area is 112 Å². The van der Waals surface area contributed by atoms with Gasteiger partial charge < -0.3 is 15.5 Å². The third kappa shape index (κ3) is 2.80. The van der Waals surface area contributed by atoms with Crippen molar-refractivity contribution >= 4 is 18.0 Å². The average Bonchev–Trinajstić information content (AvgIpc) is 2.51. The Morgan fingerprint density at radius 1 is 1.37 bits per heavy atom. The van der Waals surface area contributed by atoms with Crippen LogP contribution < -0.4 is 16.0 Å². The van der Waals surface area contributed by atoms with Crippen LogP contribution in [-0.4, -0.2) is 47.0 Å². The minimum Gasteiger partial charge on any atom is -0.333 e. The normalized spacial score (nSPS) is 27.2. The Kier molecular flexibility index (Phi) is 3.15. The molecule has 0 aromatic heterocycles. The van der Waals surface area contributed by atoms with Crippen molar-refractivity contribution in [1.82, 2.24) is 20.9 Å². The fourth-order valence-electron chi connectivity index (χ4n) is 2.44. The first-order valence-electron chi connectivity index (χ1n) is 6.43. The van der Waals surface area contributed by atoms with Crippen LogP contribution in [0.5, 0.6) is 0 Å². The molecule has 1 atom stereocenters. The van der Waals surface area contributed by atoms with Gasteiger partial charge in [-0.3, -0.25) is 10.1 Å². The van der Waals surface area contributed by atoms with Gasteiger partial charge in [-0.2, -0.15) is 0 Å². The Bertz CT molecular complexity index is 429. The van der Waals surface area contributed by atoms with Crippen LogP contribution in [0.4, 0.5) is 9.59 Å². The van der Waals surface area contributed by atoms with E-state index in [0.717, 1.165) is 0 Å². The van der Waals surface area contributed by atoms with Gasteiger partial charge in [0.2, 0.25) is 0 Å². The molecule has 0 aliphatic carbocycles. The molecule has 2 aliphatic heterocycles. The molecule has 0 saturated carbocycles. The van der Waals surface area contributed by atoms with Crippen molar-refractivity contribution in [1.29, 1.82) is 0 Å². The molecule has 2 rings (SSSR count). The Morgan fingerprint density at radius 3 is 2.58 bits per heavy atom. The van der Waals surface area contributed by atoms with Crippen molar-refractivity contribution in [3.8, 4) is 0 Å². The molecular formula is C12H20N4O3. The largest absolute Gasteiger partial charge is 0.333 e. The molecule has 3 N–H and O–H groups in total. The summed E-state index contributed by atoms with van der Waals surface area (Å²) in [6.07, 6.45) is 1.25. The molecule has 2 saturated heterocycles. The zero-order valence-electron chi connectivity index (χ0n) is 11.5. The number of amides is 5. The van der Waals surface area contributed by atoms with Crippen molar-refractivity contribution < 1.29 is 14.4 Å². The maximum Gasteiger partial charge on any atom is 0.322 e. The van der Waals surface area contributed by atoms with Crippen LogP contribution in [0.2, 0.25) is 0 Å². The quantitative estimate of drug-likeness (QED) is 0.547. The summed E-state index contributed by atoms with van der Waals surface area (Å²) in [6.45, 7) is 6.50. The number of hydrogen-bond donors (Lipinski definition) is 3. The topological polar surface area (TPSA) is 90.5 Å². The second-order valence-corrected chi connectivity index (χ2v) is 6.20. The van der Waals surface area contributed by atoms with Gasteiger partial charge in [-0.05, 0) is 33.6 Å². The molecule has 0 aromatic carbocycles. The van der Waals surface area contributed by atoms with Gasteiger partial charge in [-0.1, -0.05) is 0 Å². The first-order valence-corrected chi connectivity index (χ1v) is 6.43. The van der Waals surface area contributed by atoms with Gasteiger partial charge in [-0.15, -0.1) is 0 Å². The minimum absolute atomic E-state index is 0.208. The summed E-state index contributed by atoms with van der Waals surface area (Å²) in [5, 5.41) is 7.75. The molecule has 7 nitrogen and oxygen atoms in total. The summed E-state index contributed by atoms with van der Waals surface area (Å²) in [5.41, 5.74) is -1.28. The van der Waals surface area contributed by atoms with E-state index in [1.54, 1.807) is 4.90 Å². The van der Waals surface area contributed by atoms with Gasteiger partial charge >= 0.3 is 12.1 Å². The first-order chi connectivity index (χ1) is 8.72. The van der Waals surface area contributed by atoms with Crippen molar-refractivity contribution in [3.05, 3.63) is 0 Å². The molecule has 0 bridgehead atoms. The highest BCUT2D eigenvalue weighted by Crippen LogP contribution is 2.24. The van der Waals surface area contributed by atoms with E-state index in [1.807, 2.05) is 20.8 Å². The monoisotopic (exact) mass is 268 g/mol. The fourth-order valence-corrected chi connectivity index (χ4v) is 2.44. The third-order valence-electron chi connectivity index (χ3n) is 3.28. The van der Waals surface area contributed by atoms with Crippen molar-refractivity contribution in [2.24, 2.45) is 0 Å². The Hall–Kier alpha value is -1.79. The molecule has 7 heteroatoms. The van der Waals surface area contributed by atoms with E-state index in [1.165, 1.54) is 0 Å². The maximum absolute atomic E-state index is 12.1. The summed E-state index contributed by atoms with van der Waals surface area (Å²) in [5.74, 6) is -0.342. The molecule has 1 unspecified atom stereocenters. The zero-order chi connectivity index (χ0) is 14.3. The number of rotatable bonds is 0. The van der Waals surface area contributed by atoms with Gasteiger partial charge in [0.25, 0.3) is 5.91 Å². The van der Waals surface area contributed by atoms with E-state index in [4.69, 9.17) is 0 Å². The molecule has 0 radical (unpaired) electrons. The van der Waals surface area contributed by atoms with Crippen LogP contribution in [0.25, 0.3) is 0 Å². The number of carbonyl (C=O) groups excluding carboxylic acids is 3. The molecule has 5 amide bonds. The second-order valence-electron chi connectivity index (χ2n) is 6.20. The standard InChI is InChI=1S/C12H20N4O3/c1-11(2,3)15-10(19)16-6-4-5-12(7-16)8(17)13-9(18)14-12/h4-7H2,1-3H3,(H,15,19)(H2,13,14,17,18). The molecule has 2 fully saturated rings. The number of piperidine rings is 1. The lowest BCUT2D eigenvalue weighted by atomic mass is 9.89. The summed E-state index contributed by atoms with van der Waals surface area (Å²) in [4.78, 5) is 36.8. The van der Waals surface area contributed by atoms with Gasteiger partial charge in [0.05, 0.1) is 6.54 Å². The van der Waals surface area contributed by atoms with Crippen LogP contribution in [-0.2, 0) is 4.79 Å². The van der Waals surface area contributed by atoms with E-state index < -0.39 is 11.6 Å². The number of nitrogens with zero attached hydrogens (tertiary/aromatic N) is 1. The second kappa shape index (κ2) is 4.40. The highest BCUT2D eigenvalue weighted by Gasteiger charge is 2.49. The van der Waals surface area contributed by atoms with Gasteiger partial charge in [0.15, 0.2) is 0 Å². The van der Waals surface area contributed by atoms with Crippen molar-refractivity contribution in [2.45, 2.75) is 44.7 Å². The molecule has 0 aromatic rings. The van der Waals surface area contributed by atoms with Gasteiger partial charge in [0, 0.05) is 12.1 Å². The van der Waals surface area contributed by atoms with E-state index in [-0.39, 0.29) is 24.0 Å². The predicted octanol–water partition coefficient (Wildman–Crippen LogP) is 0.169. The van der Waals surface area contributed by atoms with E-state index in [2.05, 4.69) is 16.0 Å². The summed E-state index contributed by atoms with van der Waals surface area (Å²) in [7, 11) is 0. The lowest BCUT2D eigenvalue weighted by molar-refractivity contribution is -0.125. The number of urea groups is 2. The number of imide groups is 1. The molecule has 106 valence electrons. The maximum atomic E-state index is 12.1. The van der Waals surface area contributed by atoms with Crippen molar-refractivity contribution in [3.63, 3.8) is 0 Å². The zero-order valence-corrected chi connectivity index (χ0v) is 11.5. The molecule has 2 aliphatic rings. The average molecular weight is 268 g/mol. The fraction of sp³-hybridized carbons (Fsp3) is 0.750. The number of likely N-dealkylation sites (tertiary alicyclic amines) is 1. The SMILES string of the molecule is CC(C)(C)NC(=O)N1CCCC2(C1)NC(=O)NC2=O. The van der Waals surface area contributed by atoms with E-state index in [0.29, 0.717) is 19.4 Å². The lowest BCUT2D eigenvalue weighted by Gasteiger charge is -2.39. The van der Waals surface area contributed by atoms with Crippen LogP contribution in [0.15, 0.2) is 0 Å². The van der Waals surface area contributed by atoms with Crippen LogP contribution in [0, 0.1) is 0 Å². The van der Waals surface area contributed by atoms with Crippen molar-refractivity contribution in [2.75, 3.05) is 13.1 Å². The minimum atomic E-state index is -0.954.